The average Bonchev–Trinajstić information content (AvgIpc) is 2.53. The van der Waals surface area contributed by atoms with Gasteiger partial charge in [0.2, 0.25) is 6.10 Å². The Kier molecular flexibility index (Phi) is 4.55. The number of ether oxygens (including phenoxy) is 2. The van der Waals surface area contributed by atoms with Crippen molar-refractivity contribution in [3.63, 3.8) is 0 Å². The van der Waals surface area contributed by atoms with Gasteiger partial charge in [0.15, 0.2) is 0 Å². The van der Waals surface area contributed by atoms with Crippen molar-refractivity contribution in [1.82, 2.24) is 4.90 Å². The van der Waals surface area contributed by atoms with E-state index >= 15 is 0 Å². The predicted molar refractivity (Wildman–Crippen MR) is 89.8 cm³/mol. The van der Waals surface area contributed by atoms with Gasteiger partial charge < -0.3 is 14.4 Å². The van der Waals surface area contributed by atoms with Gasteiger partial charge in [-0.2, -0.15) is 0 Å². The molecule has 3 rings (SSSR count). The monoisotopic (exact) mass is 331 g/mol. The van der Waals surface area contributed by atoms with Crippen molar-refractivity contribution in [2.45, 2.75) is 6.10 Å². The van der Waals surface area contributed by atoms with Gasteiger partial charge in [-0.1, -0.05) is 35.9 Å². The molecule has 1 aliphatic rings. The van der Waals surface area contributed by atoms with Gasteiger partial charge in [0.1, 0.15) is 12.4 Å². The second-order valence-electron chi connectivity index (χ2n) is 5.70. The van der Waals surface area contributed by atoms with Crippen molar-refractivity contribution in [2.24, 2.45) is 0 Å². The van der Waals surface area contributed by atoms with Crippen LogP contribution in [0.2, 0.25) is 5.02 Å². The van der Waals surface area contributed by atoms with Crippen molar-refractivity contribution < 1.29 is 14.3 Å². The van der Waals surface area contributed by atoms with Crippen LogP contribution < -0.4 is 4.74 Å². The topological polar surface area (TPSA) is 38.8 Å². The molecular formula is C18H18ClNO3. The first-order valence-corrected chi connectivity index (χ1v) is 7.81. The molecule has 1 atom stereocenters. The lowest BCUT2D eigenvalue weighted by Crippen LogP contribution is -2.27. The molecule has 0 spiro atoms. The van der Waals surface area contributed by atoms with Gasteiger partial charge in [0.05, 0.1) is 0 Å². The van der Waals surface area contributed by atoms with Crippen molar-refractivity contribution in [2.75, 3.05) is 27.2 Å². The molecule has 1 unspecified atom stereocenters. The SMILES string of the molecule is CN(C)CCOC(=O)C1Oc2ccc(Cl)cc2-c2ccccc21. The van der Waals surface area contributed by atoms with Crippen LogP contribution in [-0.2, 0) is 9.53 Å². The normalized spacial score (nSPS) is 15.6. The average molecular weight is 332 g/mol. The van der Waals surface area contributed by atoms with Gasteiger partial charge in [0, 0.05) is 22.7 Å². The Balaban J connectivity index is 1.89. The van der Waals surface area contributed by atoms with Crippen molar-refractivity contribution >= 4 is 17.6 Å². The van der Waals surface area contributed by atoms with E-state index in [1.54, 1.807) is 12.1 Å². The van der Waals surface area contributed by atoms with Crippen LogP contribution in [0, 0.1) is 0 Å². The molecule has 0 amide bonds. The van der Waals surface area contributed by atoms with E-state index in [0.717, 1.165) is 16.7 Å². The number of carbonyl (C=O) groups is 1. The second kappa shape index (κ2) is 6.60. The highest BCUT2D eigenvalue weighted by atomic mass is 35.5. The fourth-order valence-electron chi connectivity index (χ4n) is 2.56. The molecule has 4 nitrogen and oxygen atoms in total. The van der Waals surface area contributed by atoms with E-state index in [-0.39, 0.29) is 5.97 Å². The first-order chi connectivity index (χ1) is 11.1. The fourth-order valence-corrected chi connectivity index (χ4v) is 2.73. The summed E-state index contributed by atoms with van der Waals surface area (Å²) in [6.45, 7) is 1.01. The maximum Gasteiger partial charge on any atom is 0.352 e. The van der Waals surface area contributed by atoms with Crippen LogP contribution in [0.15, 0.2) is 42.5 Å². The van der Waals surface area contributed by atoms with Gasteiger partial charge in [0.25, 0.3) is 0 Å². The Hall–Kier alpha value is -2.04. The van der Waals surface area contributed by atoms with Crippen molar-refractivity contribution in [1.29, 1.82) is 0 Å². The highest BCUT2D eigenvalue weighted by Gasteiger charge is 2.32. The second-order valence-corrected chi connectivity index (χ2v) is 6.13. The van der Waals surface area contributed by atoms with Crippen LogP contribution >= 0.6 is 11.6 Å². The van der Waals surface area contributed by atoms with Crippen LogP contribution in [0.25, 0.3) is 11.1 Å². The summed E-state index contributed by atoms with van der Waals surface area (Å²) >= 11 is 6.09. The molecule has 0 fully saturated rings. The highest BCUT2D eigenvalue weighted by Crippen LogP contribution is 2.43. The number of rotatable bonds is 4. The maximum absolute atomic E-state index is 12.4. The summed E-state index contributed by atoms with van der Waals surface area (Å²) in [6.07, 6.45) is -0.748. The number of carbonyl (C=O) groups excluding carboxylic acids is 1. The van der Waals surface area contributed by atoms with E-state index in [9.17, 15) is 4.79 Å². The number of hydrogen-bond donors (Lipinski definition) is 0. The van der Waals surface area contributed by atoms with Crippen LogP contribution in [0.4, 0.5) is 0 Å². The first-order valence-electron chi connectivity index (χ1n) is 7.43. The van der Waals surface area contributed by atoms with Gasteiger partial charge >= 0.3 is 5.97 Å². The number of halogens is 1. The Morgan fingerprint density at radius 3 is 2.78 bits per heavy atom. The van der Waals surface area contributed by atoms with E-state index < -0.39 is 6.10 Å². The van der Waals surface area contributed by atoms with Crippen LogP contribution in [0.3, 0.4) is 0 Å². The third-order valence-electron chi connectivity index (χ3n) is 3.72. The zero-order chi connectivity index (χ0) is 16.4. The predicted octanol–water partition coefficient (Wildman–Crippen LogP) is 3.55. The highest BCUT2D eigenvalue weighted by molar-refractivity contribution is 6.31. The molecule has 2 aromatic carbocycles. The molecule has 1 heterocycles. The van der Waals surface area contributed by atoms with Crippen LogP contribution in [-0.4, -0.2) is 38.1 Å². The Morgan fingerprint density at radius 1 is 1.22 bits per heavy atom. The molecule has 0 aliphatic carbocycles. The minimum Gasteiger partial charge on any atom is -0.473 e. The standard InChI is InChI=1S/C18H18ClNO3/c1-20(2)9-10-22-18(21)17-14-6-4-3-5-13(14)15-11-12(19)7-8-16(15)23-17/h3-8,11,17H,9-10H2,1-2H3. The third-order valence-corrected chi connectivity index (χ3v) is 3.95. The zero-order valence-corrected chi connectivity index (χ0v) is 13.8. The molecule has 120 valence electrons. The summed E-state index contributed by atoms with van der Waals surface area (Å²) in [7, 11) is 3.86. The van der Waals surface area contributed by atoms with Crippen molar-refractivity contribution in [3.8, 4) is 16.9 Å². The Bertz CT molecular complexity index is 730. The lowest BCUT2D eigenvalue weighted by atomic mass is 9.93. The zero-order valence-electron chi connectivity index (χ0n) is 13.1. The van der Waals surface area contributed by atoms with Gasteiger partial charge in [-0.15, -0.1) is 0 Å². The Morgan fingerprint density at radius 2 is 2.00 bits per heavy atom. The summed E-state index contributed by atoms with van der Waals surface area (Å²) in [4.78, 5) is 14.4. The molecule has 0 bridgehead atoms. The minimum atomic E-state index is -0.748. The summed E-state index contributed by atoms with van der Waals surface area (Å²) < 4.78 is 11.2. The Labute approximate surface area is 140 Å². The molecule has 0 N–H and O–H groups in total. The smallest absolute Gasteiger partial charge is 0.352 e. The molecular weight excluding hydrogens is 314 g/mol. The van der Waals surface area contributed by atoms with Gasteiger partial charge in [-0.05, 0) is 37.9 Å². The molecule has 1 aliphatic heterocycles. The van der Waals surface area contributed by atoms with Gasteiger partial charge in [-0.3, -0.25) is 0 Å². The van der Waals surface area contributed by atoms with E-state index in [2.05, 4.69) is 0 Å². The summed E-state index contributed by atoms with van der Waals surface area (Å²) in [5.74, 6) is 0.266. The molecule has 5 heteroatoms. The largest absolute Gasteiger partial charge is 0.473 e. The lowest BCUT2D eigenvalue weighted by molar-refractivity contribution is -0.152. The molecule has 23 heavy (non-hydrogen) atoms. The number of esters is 1. The van der Waals surface area contributed by atoms with Gasteiger partial charge in [-0.25, -0.2) is 4.79 Å². The lowest BCUT2D eigenvalue weighted by Gasteiger charge is -2.27. The number of nitrogens with zero attached hydrogens (tertiary/aromatic N) is 1. The van der Waals surface area contributed by atoms with E-state index in [1.807, 2.05) is 49.3 Å². The molecule has 2 aromatic rings. The summed E-state index contributed by atoms with van der Waals surface area (Å²) in [5, 5.41) is 0.633. The molecule has 0 saturated carbocycles. The first kappa shape index (κ1) is 15.8. The number of hydrogen-bond acceptors (Lipinski definition) is 4. The number of benzene rings is 2. The van der Waals surface area contributed by atoms with Crippen LogP contribution in [0.1, 0.15) is 11.7 Å². The van der Waals surface area contributed by atoms with E-state index in [1.165, 1.54) is 0 Å². The maximum atomic E-state index is 12.4. The number of likely N-dealkylation sites (N-methyl/N-ethyl adjacent to an activating group) is 1. The fraction of sp³-hybridized carbons (Fsp3) is 0.278. The quantitative estimate of drug-likeness (QED) is 0.803. The summed E-state index contributed by atoms with van der Waals surface area (Å²) in [5.41, 5.74) is 2.65. The van der Waals surface area contributed by atoms with E-state index in [4.69, 9.17) is 21.1 Å². The summed E-state index contributed by atoms with van der Waals surface area (Å²) in [6, 6.07) is 13.1. The molecule has 0 radical (unpaired) electrons. The van der Waals surface area contributed by atoms with Crippen LogP contribution in [0.5, 0.6) is 5.75 Å². The third kappa shape index (κ3) is 3.33. The molecule has 0 aromatic heterocycles. The molecule has 0 saturated heterocycles. The van der Waals surface area contributed by atoms with E-state index in [0.29, 0.717) is 23.9 Å². The minimum absolute atomic E-state index is 0.335. The number of fused-ring (bicyclic) bond motifs is 3. The van der Waals surface area contributed by atoms with Crippen molar-refractivity contribution in [3.05, 3.63) is 53.1 Å².